The molecule has 1 aliphatic rings. The van der Waals surface area contributed by atoms with Crippen LogP contribution in [-0.2, 0) is 11.2 Å². The molecule has 0 spiro atoms. The van der Waals surface area contributed by atoms with Crippen LogP contribution in [0.4, 0.5) is 11.4 Å². The van der Waals surface area contributed by atoms with Gasteiger partial charge in [0.05, 0.1) is 6.42 Å². The number of rotatable bonds is 4. The lowest BCUT2D eigenvalue weighted by Gasteiger charge is -2.17. The molecule has 1 aliphatic heterocycles. The van der Waals surface area contributed by atoms with E-state index in [1.165, 1.54) is 18.5 Å². The van der Waals surface area contributed by atoms with E-state index >= 15 is 0 Å². The van der Waals surface area contributed by atoms with Crippen molar-refractivity contribution in [2.45, 2.75) is 26.2 Å². The maximum Gasteiger partial charge on any atom is 0.228 e. The summed E-state index contributed by atoms with van der Waals surface area (Å²) in [6.45, 7) is 4.06. The van der Waals surface area contributed by atoms with E-state index in [-0.39, 0.29) is 5.91 Å². The minimum Gasteiger partial charge on any atom is -0.441 e. The van der Waals surface area contributed by atoms with E-state index in [4.69, 9.17) is 4.42 Å². The highest BCUT2D eigenvalue weighted by Gasteiger charge is 2.12. The van der Waals surface area contributed by atoms with Crippen molar-refractivity contribution >= 4 is 28.4 Å². The van der Waals surface area contributed by atoms with Gasteiger partial charge in [0.2, 0.25) is 5.91 Å². The van der Waals surface area contributed by atoms with Gasteiger partial charge in [-0.25, -0.2) is 4.98 Å². The number of nitrogens with zero attached hydrogens (tertiary/aromatic N) is 2. The number of carbonyl (C=O) groups excluding carboxylic acids is 1. The van der Waals surface area contributed by atoms with Gasteiger partial charge >= 0.3 is 0 Å². The fraction of sp³-hybridized carbons (Fsp3) is 0.300. The molecule has 1 amide bonds. The lowest BCUT2D eigenvalue weighted by Crippen LogP contribution is -2.18. The number of fused-ring (bicyclic) bond motifs is 1. The number of hydrogen-bond donors (Lipinski definition) is 1. The Hall–Kier alpha value is -2.82. The summed E-state index contributed by atoms with van der Waals surface area (Å²) in [5.41, 5.74) is 4.50. The van der Waals surface area contributed by atoms with Gasteiger partial charge in [-0.3, -0.25) is 4.79 Å². The molecule has 0 atom stereocenters. The Labute approximate surface area is 146 Å². The summed E-state index contributed by atoms with van der Waals surface area (Å²) >= 11 is 0. The van der Waals surface area contributed by atoms with Gasteiger partial charge in [-0.2, -0.15) is 0 Å². The molecule has 0 radical (unpaired) electrons. The number of nitrogens with one attached hydrogen (secondary N) is 1. The second-order valence-electron chi connectivity index (χ2n) is 6.50. The number of hydrogen-bond acceptors (Lipinski definition) is 4. The van der Waals surface area contributed by atoms with Gasteiger partial charge in [-0.1, -0.05) is 6.07 Å². The number of benzene rings is 2. The fourth-order valence-corrected chi connectivity index (χ4v) is 3.32. The lowest BCUT2D eigenvalue weighted by atomic mass is 10.1. The minimum atomic E-state index is -0.0375. The van der Waals surface area contributed by atoms with E-state index in [0.717, 1.165) is 35.4 Å². The monoisotopic (exact) mass is 335 g/mol. The van der Waals surface area contributed by atoms with Crippen molar-refractivity contribution in [3.05, 3.63) is 53.9 Å². The Kier molecular flexibility index (Phi) is 4.14. The fourth-order valence-electron chi connectivity index (χ4n) is 3.32. The zero-order chi connectivity index (χ0) is 17.2. The number of oxazole rings is 1. The molecule has 128 valence electrons. The average Bonchev–Trinajstić information content (AvgIpc) is 3.23. The first-order valence-electron chi connectivity index (χ1n) is 8.68. The Bertz CT molecular complexity index is 893. The van der Waals surface area contributed by atoms with Gasteiger partial charge in [0.25, 0.3) is 0 Å². The van der Waals surface area contributed by atoms with Crippen LogP contribution in [0.2, 0.25) is 0 Å². The third-order valence-electron chi connectivity index (χ3n) is 4.55. The van der Waals surface area contributed by atoms with E-state index in [1.54, 1.807) is 0 Å². The van der Waals surface area contributed by atoms with Gasteiger partial charge < -0.3 is 14.6 Å². The molecule has 1 fully saturated rings. The molecule has 5 nitrogen and oxygen atoms in total. The summed E-state index contributed by atoms with van der Waals surface area (Å²) in [5, 5.41) is 2.96. The minimum absolute atomic E-state index is 0.0375. The Morgan fingerprint density at radius 2 is 1.92 bits per heavy atom. The van der Waals surface area contributed by atoms with Crippen molar-refractivity contribution in [3.8, 4) is 0 Å². The number of aromatic nitrogens is 1. The molecule has 2 aromatic carbocycles. The van der Waals surface area contributed by atoms with E-state index in [1.807, 2.05) is 37.3 Å². The van der Waals surface area contributed by atoms with E-state index in [2.05, 4.69) is 27.3 Å². The predicted molar refractivity (Wildman–Crippen MR) is 99.0 cm³/mol. The molecule has 4 rings (SSSR count). The number of carbonyl (C=O) groups is 1. The number of aryl methyl sites for hydroxylation is 1. The Morgan fingerprint density at radius 3 is 2.68 bits per heavy atom. The van der Waals surface area contributed by atoms with Crippen molar-refractivity contribution in [1.29, 1.82) is 0 Å². The summed E-state index contributed by atoms with van der Waals surface area (Å²) < 4.78 is 5.52. The molecule has 25 heavy (non-hydrogen) atoms. The molecule has 5 heteroatoms. The molecule has 0 unspecified atom stereocenters. The molecule has 0 saturated carbocycles. The molecule has 3 aromatic rings. The third-order valence-corrected chi connectivity index (χ3v) is 4.55. The largest absolute Gasteiger partial charge is 0.441 e. The summed E-state index contributed by atoms with van der Waals surface area (Å²) in [4.78, 5) is 18.9. The van der Waals surface area contributed by atoms with E-state index in [9.17, 15) is 4.79 Å². The maximum atomic E-state index is 12.3. The highest BCUT2D eigenvalue weighted by atomic mass is 16.3. The summed E-state index contributed by atoms with van der Waals surface area (Å²) in [6, 6.07) is 13.8. The standard InChI is InChI=1S/C20H21N3O2/c1-14-21-18-9-4-15(12-19(18)25-14)13-20(24)22-16-5-7-17(8-6-16)23-10-2-3-11-23/h4-9,12H,2-3,10-11,13H2,1H3,(H,22,24). The highest BCUT2D eigenvalue weighted by Crippen LogP contribution is 2.22. The number of amides is 1. The first-order valence-corrected chi connectivity index (χ1v) is 8.68. The summed E-state index contributed by atoms with van der Waals surface area (Å²) in [6.07, 6.45) is 2.82. The zero-order valence-corrected chi connectivity index (χ0v) is 14.3. The number of anilines is 2. The van der Waals surface area contributed by atoms with Crippen LogP contribution in [0.15, 0.2) is 46.9 Å². The van der Waals surface area contributed by atoms with E-state index < -0.39 is 0 Å². The van der Waals surface area contributed by atoms with Gasteiger partial charge in [0.1, 0.15) is 5.52 Å². The van der Waals surface area contributed by atoms with Crippen LogP contribution in [0.25, 0.3) is 11.1 Å². The van der Waals surface area contributed by atoms with Gasteiger partial charge in [0.15, 0.2) is 11.5 Å². The molecule has 1 aromatic heterocycles. The van der Waals surface area contributed by atoms with Crippen molar-refractivity contribution in [2.75, 3.05) is 23.3 Å². The Morgan fingerprint density at radius 1 is 1.16 bits per heavy atom. The molecule has 0 aliphatic carbocycles. The van der Waals surface area contributed by atoms with Crippen molar-refractivity contribution < 1.29 is 9.21 Å². The highest BCUT2D eigenvalue weighted by molar-refractivity contribution is 5.93. The van der Waals surface area contributed by atoms with Crippen LogP contribution in [0, 0.1) is 6.92 Å². The molecule has 1 N–H and O–H groups in total. The SMILES string of the molecule is Cc1nc2ccc(CC(=O)Nc3ccc(N4CCCC4)cc3)cc2o1. The summed E-state index contributed by atoms with van der Waals surface area (Å²) in [7, 11) is 0. The lowest BCUT2D eigenvalue weighted by molar-refractivity contribution is -0.115. The van der Waals surface area contributed by atoms with Crippen LogP contribution in [-0.4, -0.2) is 24.0 Å². The first kappa shape index (κ1) is 15.7. The normalized spacial score (nSPS) is 14.2. The molecular weight excluding hydrogens is 314 g/mol. The topological polar surface area (TPSA) is 58.4 Å². The molecular formula is C20H21N3O2. The van der Waals surface area contributed by atoms with Gasteiger partial charge in [-0.15, -0.1) is 0 Å². The maximum absolute atomic E-state index is 12.3. The second kappa shape index (κ2) is 6.59. The first-order chi connectivity index (χ1) is 12.2. The van der Waals surface area contributed by atoms with Crippen molar-refractivity contribution in [2.24, 2.45) is 0 Å². The van der Waals surface area contributed by atoms with Crippen LogP contribution >= 0.6 is 0 Å². The second-order valence-corrected chi connectivity index (χ2v) is 6.50. The zero-order valence-electron chi connectivity index (χ0n) is 14.3. The summed E-state index contributed by atoms with van der Waals surface area (Å²) in [5.74, 6) is 0.596. The van der Waals surface area contributed by atoms with Crippen LogP contribution in [0.3, 0.4) is 0 Å². The average molecular weight is 335 g/mol. The Balaban J connectivity index is 1.40. The molecule has 0 bridgehead atoms. The smallest absolute Gasteiger partial charge is 0.228 e. The van der Waals surface area contributed by atoms with Gasteiger partial charge in [0, 0.05) is 31.4 Å². The third kappa shape index (κ3) is 3.50. The quantitative estimate of drug-likeness (QED) is 0.785. The predicted octanol–water partition coefficient (Wildman–Crippen LogP) is 3.92. The van der Waals surface area contributed by atoms with Crippen molar-refractivity contribution in [3.63, 3.8) is 0 Å². The van der Waals surface area contributed by atoms with Crippen LogP contribution < -0.4 is 10.2 Å². The van der Waals surface area contributed by atoms with E-state index in [0.29, 0.717) is 12.3 Å². The molecule has 2 heterocycles. The molecule has 1 saturated heterocycles. The van der Waals surface area contributed by atoms with Crippen LogP contribution in [0.1, 0.15) is 24.3 Å². The van der Waals surface area contributed by atoms with Crippen LogP contribution in [0.5, 0.6) is 0 Å². The van der Waals surface area contributed by atoms with Gasteiger partial charge in [-0.05, 0) is 54.8 Å². The van der Waals surface area contributed by atoms with Crippen molar-refractivity contribution in [1.82, 2.24) is 4.98 Å².